The Morgan fingerprint density at radius 2 is 1.37 bits per heavy atom. The van der Waals surface area contributed by atoms with E-state index in [1.165, 1.54) is 18.4 Å². The third-order valence-electron chi connectivity index (χ3n) is 3.62. The van der Waals surface area contributed by atoms with Crippen LogP contribution >= 0.6 is 0 Å². The highest BCUT2D eigenvalue weighted by atomic mass is 16.3. The van der Waals surface area contributed by atoms with Gasteiger partial charge in [0, 0.05) is 5.56 Å². The van der Waals surface area contributed by atoms with Crippen molar-refractivity contribution in [3.63, 3.8) is 0 Å². The van der Waals surface area contributed by atoms with Crippen LogP contribution in [-0.4, -0.2) is 10.2 Å². The molecule has 0 unspecified atom stereocenters. The second kappa shape index (κ2) is 8.08. The third kappa shape index (κ3) is 4.15. The molecule has 0 aliphatic rings. The van der Waals surface area contributed by atoms with E-state index in [1.54, 1.807) is 0 Å². The Bertz CT molecular complexity index is 397. The first-order chi connectivity index (χ1) is 9.15. The predicted molar refractivity (Wildman–Crippen MR) is 81.0 cm³/mol. The summed E-state index contributed by atoms with van der Waals surface area (Å²) >= 11 is 0. The fourth-order valence-electron chi connectivity index (χ4n) is 2.60. The summed E-state index contributed by atoms with van der Waals surface area (Å²) in [4.78, 5) is 0. The standard InChI is InChI=1S/C17H28O2/c1-4-7-8-11-15-13(9-5-2)12-14(10-6-3)16(18)17(15)19/h12,18-19H,4-11H2,1-3H3. The molecule has 0 aliphatic heterocycles. The van der Waals surface area contributed by atoms with Crippen molar-refractivity contribution in [2.24, 2.45) is 0 Å². The predicted octanol–water partition coefficient (Wildman–Crippen LogP) is 4.74. The lowest BCUT2D eigenvalue weighted by Gasteiger charge is -2.16. The number of aromatic hydroxyl groups is 2. The van der Waals surface area contributed by atoms with Crippen molar-refractivity contribution >= 4 is 0 Å². The van der Waals surface area contributed by atoms with Crippen LogP contribution in [-0.2, 0) is 19.3 Å². The molecule has 1 rings (SSSR count). The van der Waals surface area contributed by atoms with Crippen LogP contribution in [0.1, 0.15) is 69.6 Å². The van der Waals surface area contributed by atoms with Gasteiger partial charge in [-0.2, -0.15) is 0 Å². The Morgan fingerprint density at radius 3 is 1.95 bits per heavy atom. The lowest BCUT2D eigenvalue weighted by molar-refractivity contribution is 0.393. The largest absolute Gasteiger partial charge is 0.504 e. The Morgan fingerprint density at radius 1 is 0.737 bits per heavy atom. The summed E-state index contributed by atoms with van der Waals surface area (Å²) in [5, 5.41) is 20.4. The molecule has 0 aromatic heterocycles. The fraction of sp³-hybridized carbons (Fsp3) is 0.647. The average Bonchev–Trinajstić information content (AvgIpc) is 2.40. The lowest BCUT2D eigenvalue weighted by Crippen LogP contribution is -1.99. The molecule has 0 atom stereocenters. The maximum Gasteiger partial charge on any atom is 0.161 e. The Balaban J connectivity index is 3.07. The third-order valence-corrected chi connectivity index (χ3v) is 3.62. The van der Waals surface area contributed by atoms with Crippen molar-refractivity contribution in [3.05, 3.63) is 22.8 Å². The zero-order chi connectivity index (χ0) is 14.3. The quantitative estimate of drug-likeness (QED) is 0.526. The number of hydrogen-bond donors (Lipinski definition) is 2. The minimum absolute atomic E-state index is 0.105. The highest BCUT2D eigenvalue weighted by molar-refractivity contribution is 5.54. The van der Waals surface area contributed by atoms with Gasteiger partial charge in [0.1, 0.15) is 0 Å². The van der Waals surface area contributed by atoms with Crippen LogP contribution in [0.2, 0.25) is 0 Å². The van der Waals surface area contributed by atoms with Crippen LogP contribution in [0.5, 0.6) is 11.5 Å². The van der Waals surface area contributed by atoms with Gasteiger partial charge in [0.2, 0.25) is 0 Å². The molecule has 0 heterocycles. The first-order valence-corrected chi connectivity index (χ1v) is 7.71. The molecule has 0 aliphatic carbocycles. The molecule has 0 saturated carbocycles. The van der Waals surface area contributed by atoms with Gasteiger partial charge in [-0.25, -0.2) is 0 Å². The van der Waals surface area contributed by atoms with Gasteiger partial charge >= 0.3 is 0 Å². The summed E-state index contributed by atoms with van der Waals surface area (Å²) in [6.07, 6.45) is 8.14. The van der Waals surface area contributed by atoms with Gasteiger partial charge in [-0.3, -0.25) is 0 Å². The summed E-state index contributed by atoms with van der Waals surface area (Å²) in [6, 6.07) is 2.10. The number of unbranched alkanes of at least 4 members (excludes halogenated alkanes) is 2. The minimum atomic E-state index is 0.105. The van der Waals surface area contributed by atoms with E-state index in [0.717, 1.165) is 49.7 Å². The van der Waals surface area contributed by atoms with Gasteiger partial charge in [0.25, 0.3) is 0 Å². The van der Waals surface area contributed by atoms with E-state index in [-0.39, 0.29) is 11.5 Å². The van der Waals surface area contributed by atoms with E-state index < -0.39 is 0 Å². The summed E-state index contributed by atoms with van der Waals surface area (Å²) in [6.45, 7) is 6.42. The molecule has 0 radical (unpaired) electrons. The molecule has 0 amide bonds. The van der Waals surface area contributed by atoms with Crippen LogP contribution in [0, 0.1) is 0 Å². The van der Waals surface area contributed by atoms with Crippen molar-refractivity contribution in [2.75, 3.05) is 0 Å². The molecule has 1 aromatic rings. The van der Waals surface area contributed by atoms with E-state index in [0.29, 0.717) is 0 Å². The summed E-state index contributed by atoms with van der Waals surface area (Å²) < 4.78 is 0. The van der Waals surface area contributed by atoms with Crippen molar-refractivity contribution in [1.82, 2.24) is 0 Å². The summed E-state index contributed by atoms with van der Waals surface area (Å²) in [7, 11) is 0. The summed E-state index contributed by atoms with van der Waals surface area (Å²) in [5.41, 5.74) is 3.08. The molecular weight excluding hydrogens is 236 g/mol. The number of rotatable bonds is 8. The Hall–Kier alpha value is -1.18. The number of aryl methyl sites for hydroxylation is 2. The van der Waals surface area contributed by atoms with E-state index in [1.807, 2.05) is 0 Å². The molecule has 0 spiro atoms. The van der Waals surface area contributed by atoms with Crippen LogP contribution < -0.4 is 0 Å². The molecule has 2 N–H and O–H groups in total. The number of benzene rings is 1. The topological polar surface area (TPSA) is 40.5 Å². The molecule has 0 saturated heterocycles. The van der Waals surface area contributed by atoms with Gasteiger partial charge in [-0.1, -0.05) is 52.5 Å². The Labute approximate surface area is 117 Å². The van der Waals surface area contributed by atoms with Crippen LogP contribution in [0.3, 0.4) is 0 Å². The molecule has 2 nitrogen and oxygen atoms in total. The SMILES string of the molecule is CCCCCc1c(CCC)cc(CCC)c(O)c1O. The van der Waals surface area contributed by atoms with Crippen LogP contribution in [0.25, 0.3) is 0 Å². The minimum Gasteiger partial charge on any atom is -0.504 e. The average molecular weight is 264 g/mol. The van der Waals surface area contributed by atoms with Crippen molar-refractivity contribution in [1.29, 1.82) is 0 Å². The van der Waals surface area contributed by atoms with Crippen LogP contribution in [0.15, 0.2) is 6.07 Å². The van der Waals surface area contributed by atoms with Gasteiger partial charge in [-0.05, 0) is 36.8 Å². The first kappa shape index (κ1) is 15.9. The van der Waals surface area contributed by atoms with E-state index in [2.05, 4.69) is 26.8 Å². The molecule has 108 valence electrons. The molecular formula is C17H28O2. The molecule has 19 heavy (non-hydrogen) atoms. The molecule has 2 heteroatoms. The van der Waals surface area contributed by atoms with E-state index >= 15 is 0 Å². The second-order valence-electron chi connectivity index (χ2n) is 5.33. The number of hydrogen-bond acceptors (Lipinski definition) is 2. The highest BCUT2D eigenvalue weighted by Gasteiger charge is 2.15. The van der Waals surface area contributed by atoms with Gasteiger partial charge in [0.05, 0.1) is 0 Å². The molecule has 0 bridgehead atoms. The van der Waals surface area contributed by atoms with Gasteiger partial charge in [0.15, 0.2) is 11.5 Å². The van der Waals surface area contributed by atoms with Crippen molar-refractivity contribution in [3.8, 4) is 11.5 Å². The van der Waals surface area contributed by atoms with Gasteiger partial charge < -0.3 is 10.2 Å². The molecule has 0 fully saturated rings. The monoisotopic (exact) mass is 264 g/mol. The zero-order valence-corrected chi connectivity index (χ0v) is 12.6. The number of phenols is 2. The maximum absolute atomic E-state index is 10.3. The zero-order valence-electron chi connectivity index (χ0n) is 12.6. The molecule has 1 aromatic carbocycles. The maximum atomic E-state index is 10.3. The fourth-order valence-corrected chi connectivity index (χ4v) is 2.60. The smallest absolute Gasteiger partial charge is 0.161 e. The van der Waals surface area contributed by atoms with Crippen molar-refractivity contribution in [2.45, 2.75) is 72.1 Å². The van der Waals surface area contributed by atoms with Crippen molar-refractivity contribution < 1.29 is 10.2 Å². The Kier molecular flexibility index (Phi) is 6.75. The second-order valence-corrected chi connectivity index (χ2v) is 5.33. The van der Waals surface area contributed by atoms with E-state index in [4.69, 9.17) is 0 Å². The highest BCUT2D eigenvalue weighted by Crippen LogP contribution is 2.37. The normalized spacial score (nSPS) is 10.9. The van der Waals surface area contributed by atoms with Gasteiger partial charge in [-0.15, -0.1) is 0 Å². The lowest BCUT2D eigenvalue weighted by atomic mass is 9.93. The first-order valence-electron chi connectivity index (χ1n) is 7.71. The number of phenolic OH excluding ortho intramolecular Hbond substituents is 2. The van der Waals surface area contributed by atoms with E-state index in [9.17, 15) is 10.2 Å². The van der Waals surface area contributed by atoms with Crippen LogP contribution in [0.4, 0.5) is 0 Å². The summed E-state index contributed by atoms with van der Waals surface area (Å²) in [5.74, 6) is 0.235.